The quantitative estimate of drug-likeness (QED) is 0.349. The van der Waals surface area contributed by atoms with Crippen molar-refractivity contribution in [2.24, 2.45) is 10.8 Å². The van der Waals surface area contributed by atoms with Crippen molar-refractivity contribution in [2.45, 2.75) is 60.9 Å². The van der Waals surface area contributed by atoms with Crippen LogP contribution in [0.4, 0.5) is 0 Å². The van der Waals surface area contributed by atoms with Gasteiger partial charge in [0, 0.05) is 12.6 Å². The Hall–Kier alpha value is -2.00. The van der Waals surface area contributed by atoms with Crippen molar-refractivity contribution < 1.29 is 28.5 Å². The summed E-state index contributed by atoms with van der Waals surface area (Å²) in [4.78, 5) is 23.4. The fourth-order valence-corrected chi connectivity index (χ4v) is 2.13. The van der Waals surface area contributed by atoms with Gasteiger partial charge in [0.15, 0.2) is 0 Å². The number of hydrogen-bond acceptors (Lipinski definition) is 8. The molecular formula is C21H37N3O6. The average molecular weight is 428 g/mol. The molecule has 0 atom stereocenters. The van der Waals surface area contributed by atoms with Crippen LogP contribution in [-0.2, 0) is 41.5 Å². The van der Waals surface area contributed by atoms with Crippen molar-refractivity contribution in [3.8, 4) is 0 Å². The van der Waals surface area contributed by atoms with E-state index in [1.54, 1.807) is 31.6 Å². The summed E-state index contributed by atoms with van der Waals surface area (Å²) < 4.78 is 22.8. The zero-order valence-electron chi connectivity index (χ0n) is 19.2. The molecule has 1 rings (SSSR count). The molecule has 0 aliphatic rings. The van der Waals surface area contributed by atoms with Gasteiger partial charge in [0.25, 0.3) is 0 Å². The Morgan fingerprint density at radius 3 is 2.27 bits per heavy atom. The average Bonchev–Trinajstić information content (AvgIpc) is 3.08. The summed E-state index contributed by atoms with van der Waals surface area (Å²) in [5, 5.41) is 8.06. The molecule has 0 radical (unpaired) electrons. The molecule has 1 aromatic heterocycles. The van der Waals surface area contributed by atoms with Gasteiger partial charge in [0.1, 0.15) is 13.2 Å². The van der Waals surface area contributed by atoms with Crippen LogP contribution in [0.25, 0.3) is 0 Å². The maximum atomic E-state index is 11.8. The molecular weight excluding hydrogens is 390 g/mol. The molecule has 172 valence electrons. The minimum atomic E-state index is -0.510. The van der Waals surface area contributed by atoms with Gasteiger partial charge in [-0.05, 0) is 26.2 Å². The van der Waals surface area contributed by atoms with Crippen LogP contribution in [0.3, 0.4) is 0 Å². The van der Waals surface area contributed by atoms with E-state index < -0.39 is 5.41 Å². The molecule has 0 saturated carbocycles. The van der Waals surface area contributed by atoms with E-state index in [1.807, 2.05) is 0 Å². The summed E-state index contributed by atoms with van der Waals surface area (Å²) in [5.74, 6) is -0.528. The number of esters is 2. The van der Waals surface area contributed by atoms with Crippen LogP contribution in [0.15, 0.2) is 6.20 Å². The van der Waals surface area contributed by atoms with Crippen LogP contribution in [0.2, 0.25) is 0 Å². The Balaban J connectivity index is 2.10. The largest absolute Gasteiger partial charge is 0.463 e. The second-order valence-electron chi connectivity index (χ2n) is 9.30. The second-order valence-corrected chi connectivity index (χ2v) is 9.30. The summed E-state index contributed by atoms with van der Waals surface area (Å²) in [6, 6.07) is 0. The summed E-state index contributed by atoms with van der Waals surface area (Å²) in [5.41, 5.74) is 0.304. The maximum absolute atomic E-state index is 11.8. The van der Waals surface area contributed by atoms with Crippen molar-refractivity contribution in [2.75, 3.05) is 39.6 Å². The van der Waals surface area contributed by atoms with Gasteiger partial charge in [-0.1, -0.05) is 26.0 Å². The first-order valence-corrected chi connectivity index (χ1v) is 10.3. The lowest BCUT2D eigenvalue weighted by Gasteiger charge is -2.17. The maximum Gasteiger partial charge on any atom is 0.311 e. The van der Waals surface area contributed by atoms with E-state index in [0.29, 0.717) is 39.4 Å². The van der Waals surface area contributed by atoms with Crippen molar-refractivity contribution in [1.82, 2.24) is 15.0 Å². The van der Waals surface area contributed by atoms with Crippen LogP contribution in [0.5, 0.6) is 0 Å². The lowest BCUT2D eigenvalue weighted by Crippen LogP contribution is -2.24. The Morgan fingerprint density at radius 2 is 1.60 bits per heavy atom. The lowest BCUT2D eigenvalue weighted by molar-refractivity contribution is -0.154. The molecule has 0 amide bonds. The minimum Gasteiger partial charge on any atom is -0.463 e. The van der Waals surface area contributed by atoms with Gasteiger partial charge in [-0.2, -0.15) is 0 Å². The molecule has 1 aromatic rings. The lowest BCUT2D eigenvalue weighted by atomic mass is 9.97. The molecule has 0 aliphatic heterocycles. The number of rotatable bonds is 13. The third-order valence-corrected chi connectivity index (χ3v) is 3.74. The number of aromatic nitrogens is 3. The number of carbonyl (C=O) groups excluding carboxylic acids is 2. The van der Waals surface area contributed by atoms with Crippen molar-refractivity contribution >= 4 is 11.9 Å². The van der Waals surface area contributed by atoms with E-state index in [2.05, 4.69) is 31.1 Å². The second kappa shape index (κ2) is 12.6. The Morgan fingerprint density at radius 1 is 0.933 bits per heavy atom. The zero-order valence-corrected chi connectivity index (χ0v) is 19.2. The molecule has 0 saturated heterocycles. The molecule has 0 aliphatic carbocycles. The van der Waals surface area contributed by atoms with E-state index in [-0.39, 0.29) is 37.0 Å². The molecule has 30 heavy (non-hydrogen) atoms. The van der Waals surface area contributed by atoms with Gasteiger partial charge in [0.05, 0.1) is 50.5 Å². The molecule has 0 N–H and O–H groups in total. The van der Waals surface area contributed by atoms with Crippen LogP contribution < -0.4 is 0 Å². The Bertz CT molecular complexity index is 646. The van der Waals surface area contributed by atoms with Crippen LogP contribution in [-0.4, -0.2) is 66.6 Å². The SMILES string of the molecule is CC(C)(C)COCCOC(=O)CCc1cn(CCOCCOC(=O)C(C)(C)C)nn1. The van der Waals surface area contributed by atoms with Gasteiger partial charge in [-0.3, -0.25) is 9.59 Å². The fourth-order valence-electron chi connectivity index (χ4n) is 2.13. The van der Waals surface area contributed by atoms with Crippen molar-refractivity contribution in [1.29, 1.82) is 0 Å². The molecule has 0 bridgehead atoms. The Kier molecular flexibility index (Phi) is 11.0. The monoisotopic (exact) mass is 427 g/mol. The summed E-state index contributed by atoms with van der Waals surface area (Å²) >= 11 is 0. The van der Waals surface area contributed by atoms with Gasteiger partial charge in [0.2, 0.25) is 0 Å². The Labute approximate surface area is 179 Å². The highest BCUT2D eigenvalue weighted by molar-refractivity contribution is 5.75. The molecule has 0 unspecified atom stereocenters. The molecule has 0 spiro atoms. The summed E-state index contributed by atoms with van der Waals surface area (Å²) in [6.45, 7) is 14.5. The summed E-state index contributed by atoms with van der Waals surface area (Å²) in [6.07, 6.45) is 2.49. The van der Waals surface area contributed by atoms with Crippen molar-refractivity contribution in [3.05, 3.63) is 11.9 Å². The topological polar surface area (TPSA) is 102 Å². The third kappa shape index (κ3) is 12.5. The van der Waals surface area contributed by atoms with Crippen LogP contribution in [0.1, 0.15) is 53.7 Å². The highest BCUT2D eigenvalue weighted by Gasteiger charge is 2.22. The predicted molar refractivity (Wildman–Crippen MR) is 111 cm³/mol. The number of ether oxygens (including phenoxy) is 4. The number of carbonyl (C=O) groups is 2. The molecule has 0 fully saturated rings. The zero-order chi connectivity index (χ0) is 22.6. The van der Waals surface area contributed by atoms with E-state index in [0.717, 1.165) is 5.69 Å². The molecule has 9 nitrogen and oxygen atoms in total. The number of aryl methyl sites for hydroxylation is 1. The van der Waals surface area contributed by atoms with Gasteiger partial charge >= 0.3 is 11.9 Å². The first-order chi connectivity index (χ1) is 14.0. The van der Waals surface area contributed by atoms with E-state index in [1.165, 1.54) is 0 Å². The third-order valence-electron chi connectivity index (χ3n) is 3.74. The van der Waals surface area contributed by atoms with Gasteiger partial charge in [-0.25, -0.2) is 4.68 Å². The fraction of sp³-hybridized carbons (Fsp3) is 0.810. The van der Waals surface area contributed by atoms with Crippen LogP contribution in [0, 0.1) is 10.8 Å². The van der Waals surface area contributed by atoms with E-state index >= 15 is 0 Å². The van der Waals surface area contributed by atoms with Gasteiger partial charge in [-0.15, -0.1) is 5.10 Å². The molecule has 0 aromatic carbocycles. The minimum absolute atomic E-state index is 0.0972. The smallest absolute Gasteiger partial charge is 0.311 e. The normalized spacial score (nSPS) is 12.1. The van der Waals surface area contributed by atoms with Gasteiger partial charge < -0.3 is 18.9 Å². The summed E-state index contributed by atoms with van der Waals surface area (Å²) in [7, 11) is 0. The number of nitrogens with zero attached hydrogens (tertiary/aromatic N) is 3. The number of hydrogen-bond donors (Lipinski definition) is 0. The first kappa shape index (κ1) is 26.0. The standard InChI is InChI=1S/C21H37N3O6/c1-20(2,3)16-28-12-13-29-18(25)8-7-17-15-24(23-22-17)9-10-27-11-14-30-19(26)21(4,5)6/h15H,7-14,16H2,1-6H3. The van der Waals surface area contributed by atoms with E-state index in [9.17, 15) is 9.59 Å². The highest BCUT2D eigenvalue weighted by Crippen LogP contribution is 2.14. The first-order valence-electron chi connectivity index (χ1n) is 10.3. The predicted octanol–water partition coefficient (Wildman–Crippen LogP) is 2.42. The molecule has 1 heterocycles. The molecule has 9 heteroatoms. The highest BCUT2D eigenvalue weighted by atomic mass is 16.6. The van der Waals surface area contributed by atoms with E-state index in [4.69, 9.17) is 18.9 Å². The van der Waals surface area contributed by atoms with Crippen molar-refractivity contribution in [3.63, 3.8) is 0 Å². The van der Waals surface area contributed by atoms with Crippen LogP contribution >= 0.6 is 0 Å².